The predicted octanol–water partition coefficient (Wildman–Crippen LogP) is 5.41. The Bertz CT molecular complexity index is 973. The van der Waals surface area contributed by atoms with Gasteiger partial charge in [0.15, 0.2) is 0 Å². The molecule has 2 aromatic carbocycles. The van der Waals surface area contributed by atoms with E-state index in [1.54, 1.807) is 25.7 Å². The van der Waals surface area contributed by atoms with Gasteiger partial charge in [0.2, 0.25) is 11.8 Å². The third-order valence-corrected chi connectivity index (χ3v) is 5.77. The number of carbonyl (C=O) groups is 3. The maximum atomic E-state index is 14.1. The Kier molecular flexibility index (Phi) is 12.1. The molecular formula is C30H43N3O4. The van der Waals surface area contributed by atoms with Crippen LogP contribution in [0, 0.1) is 0 Å². The summed E-state index contributed by atoms with van der Waals surface area (Å²) in [7, 11) is 0. The highest BCUT2D eigenvalue weighted by molar-refractivity contribution is 5.92. The first kappa shape index (κ1) is 29.9. The van der Waals surface area contributed by atoms with Crippen molar-refractivity contribution in [1.82, 2.24) is 15.5 Å². The van der Waals surface area contributed by atoms with E-state index in [2.05, 4.69) is 17.6 Å². The molecule has 2 atom stereocenters. The Balaban J connectivity index is 2.41. The number of unbranched alkanes of at least 4 members (excludes halogenated alkanes) is 2. The summed E-state index contributed by atoms with van der Waals surface area (Å²) in [6.45, 7) is 10.3. The van der Waals surface area contributed by atoms with E-state index >= 15 is 0 Å². The number of hydrogen-bond acceptors (Lipinski definition) is 4. The van der Waals surface area contributed by atoms with E-state index in [4.69, 9.17) is 4.74 Å². The molecule has 0 bridgehead atoms. The number of alkyl carbamates (subject to hydrolysis) is 1. The molecule has 3 amide bonds. The van der Waals surface area contributed by atoms with E-state index in [0.29, 0.717) is 19.5 Å². The maximum absolute atomic E-state index is 14.1. The average molecular weight is 510 g/mol. The Labute approximate surface area is 222 Å². The maximum Gasteiger partial charge on any atom is 0.408 e. The fraction of sp³-hybridized carbons (Fsp3) is 0.500. The van der Waals surface area contributed by atoms with Crippen molar-refractivity contribution < 1.29 is 19.1 Å². The monoisotopic (exact) mass is 509 g/mol. The number of amides is 3. The van der Waals surface area contributed by atoms with Gasteiger partial charge in [0.05, 0.1) is 0 Å². The molecule has 0 heterocycles. The van der Waals surface area contributed by atoms with Crippen LogP contribution in [0.5, 0.6) is 0 Å². The van der Waals surface area contributed by atoms with E-state index in [-0.39, 0.29) is 18.2 Å². The van der Waals surface area contributed by atoms with Crippen molar-refractivity contribution in [1.29, 1.82) is 0 Å². The first-order chi connectivity index (χ1) is 17.7. The van der Waals surface area contributed by atoms with E-state index in [0.717, 1.165) is 30.4 Å². The molecule has 7 heteroatoms. The fourth-order valence-corrected chi connectivity index (χ4v) is 4.10. The van der Waals surface area contributed by atoms with E-state index < -0.39 is 23.8 Å². The minimum Gasteiger partial charge on any atom is -0.444 e. The number of nitrogens with one attached hydrogen (secondary N) is 2. The molecule has 0 saturated heterocycles. The lowest BCUT2D eigenvalue weighted by atomic mass is 10.00. The van der Waals surface area contributed by atoms with Crippen molar-refractivity contribution in [2.24, 2.45) is 0 Å². The Morgan fingerprint density at radius 1 is 0.892 bits per heavy atom. The number of hydrogen-bond donors (Lipinski definition) is 2. The van der Waals surface area contributed by atoms with Crippen LogP contribution in [-0.2, 0) is 20.7 Å². The molecule has 0 spiro atoms. The minimum absolute atomic E-state index is 0.222. The lowest BCUT2D eigenvalue weighted by Crippen LogP contribution is -2.54. The Morgan fingerprint density at radius 2 is 1.51 bits per heavy atom. The highest BCUT2D eigenvalue weighted by atomic mass is 16.6. The van der Waals surface area contributed by atoms with Gasteiger partial charge in [-0.1, -0.05) is 87.4 Å². The molecule has 37 heavy (non-hydrogen) atoms. The molecule has 0 aliphatic heterocycles. The van der Waals surface area contributed by atoms with Gasteiger partial charge in [-0.25, -0.2) is 4.79 Å². The fourth-order valence-electron chi connectivity index (χ4n) is 4.10. The zero-order chi connectivity index (χ0) is 27.3. The lowest BCUT2D eigenvalue weighted by molar-refractivity contribution is -0.142. The van der Waals surface area contributed by atoms with Gasteiger partial charge < -0.3 is 20.3 Å². The molecular weight excluding hydrogens is 466 g/mol. The van der Waals surface area contributed by atoms with Crippen LogP contribution in [-0.4, -0.2) is 47.5 Å². The van der Waals surface area contributed by atoms with Crippen LogP contribution < -0.4 is 10.6 Å². The standard InChI is InChI=1S/C30H43N3O4/c1-6-8-15-20-31-27(34)26(24-18-13-10-14-19-24)33(21-7-2)28(35)25(22-23-16-11-9-12-17-23)32-29(36)37-30(3,4)5/h9-14,16-19,25-26H,6-8,15,20-22H2,1-5H3,(H,31,34)(H,32,36). The number of ether oxygens (including phenoxy) is 1. The number of rotatable bonds is 13. The van der Waals surface area contributed by atoms with E-state index in [9.17, 15) is 14.4 Å². The summed E-state index contributed by atoms with van der Waals surface area (Å²) < 4.78 is 5.46. The van der Waals surface area contributed by atoms with Gasteiger partial charge in [0.1, 0.15) is 17.7 Å². The van der Waals surface area contributed by atoms with Crippen molar-refractivity contribution in [3.05, 3.63) is 71.8 Å². The number of nitrogens with zero attached hydrogens (tertiary/aromatic N) is 1. The van der Waals surface area contributed by atoms with Crippen LogP contribution in [0.3, 0.4) is 0 Å². The smallest absolute Gasteiger partial charge is 0.408 e. The van der Waals surface area contributed by atoms with E-state index in [1.807, 2.05) is 67.6 Å². The summed E-state index contributed by atoms with van der Waals surface area (Å²) in [5, 5.41) is 5.81. The quantitative estimate of drug-likeness (QED) is 0.354. The van der Waals surface area contributed by atoms with Gasteiger partial charge in [-0.15, -0.1) is 0 Å². The summed E-state index contributed by atoms with van der Waals surface area (Å²) in [4.78, 5) is 41.9. The van der Waals surface area contributed by atoms with Crippen LogP contribution in [0.2, 0.25) is 0 Å². The number of carbonyl (C=O) groups excluding carboxylic acids is 3. The molecule has 2 aromatic rings. The molecule has 0 aliphatic rings. The zero-order valence-electron chi connectivity index (χ0n) is 23.0. The van der Waals surface area contributed by atoms with Gasteiger partial charge in [-0.05, 0) is 44.7 Å². The van der Waals surface area contributed by atoms with E-state index in [1.165, 1.54) is 0 Å². The summed E-state index contributed by atoms with van der Waals surface area (Å²) in [5.74, 6) is -0.547. The van der Waals surface area contributed by atoms with Crippen LogP contribution >= 0.6 is 0 Å². The van der Waals surface area contributed by atoms with Gasteiger partial charge in [-0.3, -0.25) is 9.59 Å². The summed E-state index contributed by atoms with van der Waals surface area (Å²) in [6, 6.07) is 17.1. The second kappa shape index (κ2) is 15.0. The highest BCUT2D eigenvalue weighted by Gasteiger charge is 2.35. The second-order valence-electron chi connectivity index (χ2n) is 10.2. The third-order valence-electron chi connectivity index (χ3n) is 5.77. The van der Waals surface area contributed by atoms with Crippen LogP contribution in [0.25, 0.3) is 0 Å². The van der Waals surface area contributed by atoms with Crippen LogP contribution in [0.15, 0.2) is 60.7 Å². The summed E-state index contributed by atoms with van der Waals surface area (Å²) in [6.07, 6.45) is 3.21. The Hall–Kier alpha value is -3.35. The minimum atomic E-state index is -0.900. The van der Waals surface area contributed by atoms with Crippen LogP contribution in [0.1, 0.15) is 77.5 Å². The molecule has 202 valence electrons. The molecule has 0 fully saturated rings. The van der Waals surface area contributed by atoms with Gasteiger partial charge >= 0.3 is 6.09 Å². The van der Waals surface area contributed by atoms with Gasteiger partial charge in [0, 0.05) is 19.5 Å². The molecule has 0 saturated carbocycles. The molecule has 0 aliphatic carbocycles. The van der Waals surface area contributed by atoms with Crippen LogP contribution in [0.4, 0.5) is 4.79 Å². The SMILES string of the molecule is CCCCCNC(=O)C(c1ccccc1)N(CCC)C(=O)C(Cc1ccccc1)NC(=O)OC(C)(C)C. The van der Waals surface area contributed by atoms with Crippen molar-refractivity contribution in [2.75, 3.05) is 13.1 Å². The highest BCUT2D eigenvalue weighted by Crippen LogP contribution is 2.24. The molecule has 2 N–H and O–H groups in total. The van der Waals surface area contributed by atoms with Gasteiger partial charge in [0.25, 0.3) is 0 Å². The third kappa shape index (κ3) is 10.3. The average Bonchev–Trinajstić information content (AvgIpc) is 2.85. The second-order valence-corrected chi connectivity index (χ2v) is 10.2. The molecule has 2 rings (SSSR count). The topological polar surface area (TPSA) is 87.7 Å². The predicted molar refractivity (Wildman–Crippen MR) is 147 cm³/mol. The molecule has 0 radical (unpaired) electrons. The normalized spacial score (nSPS) is 12.8. The zero-order valence-corrected chi connectivity index (χ0v) is 23.0. The first-order valence-electron chi connectivity index (χ1n) is 13.3. The number of benzene rings is 2. The first-order valence-corrected chi connectivity index (χ1v) is 13.3. The van der Waals surface area contributed by atoms with Crippen molar-refractivity contribution in [2.45, 2.75) is 84.4 Å². The molecule has 7 nitrogen and oxygen atoms in total. The largest absolute Gasteiger partial charge is 0.444 e. The molecule has 2 unspecified atom stereocenters. The summed E-state index contributed by atoms with van der Waals surface area (Å²) in [5.41, 5.74) is 0.917. The van der Waals surface area contributed by atoms with Crippen molar-refractivity contribution >= 4 is 17.9 Å². The summed E-state index contributed by atoms with van der Waals surface area (Å²) >= 11 is 0. The van der Waals surface area contributed by atoms with Crippen molar-refractivity contribution in [3.8, 4) is 0 Å². The lowest BCUT2D eigenvalue weighted by Gasteiger charge is -2.34. The Morgan fingerprint density at radius 3 is 2.08 bits per heavy atom. The van der Waals surface area contributed by atoms with Crippen molar-refractivity contribution in [3.63, 3.8) is 0 Å². The van der Waals surface area contributed by atoms with Gasteiger partial charge in [-0.2, -0.15) is 0 Å². The molecule has 0 aromatic heterocycles.